The van der Waals surface area contributed by atoms with E-state index in [1.165, 1.54) is 42.2 Å². The van der Waals surface area contributed by atoms with Gasteiger partial charge in [-0.1, -0.05) is 38.0 Å². The van der Waals surface area contributed by atoms with E-state index in [1.54, 1.807) is 5.56 Å². The van der Waals surface area contributed by atoms with Gasteiger partial charge in [-0.05, 0) is 54.1 Å². The van der Waals surface area contributed by atoms with E-state index in [0.717, 1.165) is 18.5 Å². The first-order valence-electron chi connectivity index (χ1n) is 7.57. The Morgan fingerprint density at radius 3 is 2.95 bits per heavy atom. The number of fused-ring (bicyclic) bond motifs is 1. The first-order chi connectivity index (χ1) is 9.38. The first-order valence-corrected chi connectivity index (χ1v) is 8.45. The van der Waals surface area contributed by atoms with Crippen LogP contribution in [0.3, 0.4) is 0 Å². The SMILES string of the molecule is CCNC1CCCCC1Cc1csc2ccccc12. The molecule has 2 unspecified atom stereocenters. The Hall–Kier alpha value is -0.860. The van der Waals surface area contributed by atoms with E-state index in [-0.39, 0.29) is 0 Å². The molecular formula is C17H23NS. The van der Waals surface area contributed by atoms with Crippen molar-refractivity contribution in [3.05, 3.63) is 35.2 Å². The molecule has 3 rings (SSSR count). The average Bonchev–Trinajstić information content (AvgIpc) is 2.85. The van der Waals surface area contributed by atoms with Crippen molar-refractivity contribution in [2.75, 3.05) is 6.54 Å². The summed E-state index contributed by atoms with van der Waals surface area (Å²) in [5.41, 5.74) is 1.57. The van der Waals surface area contributed by atoms with E-state index in [0.29, 0.717) is 0 Å². The third-order valence-corrected chi connectivity index (χ3v) is 5.43. The predicted molar refractivity (Wildman–Crippen MR) is 85.0 cm³/mol. The fourth-order valence-electron chi connectivity index (χ4n) is 3.46. The summed E-state index contributed by atoms with van der Waals surface area (Å²) in [6.45, 7) is 3.33. The maximum atomic E-state index is 3.70. The van der Waals surface area contributed by atoms with Gasteiger partial charge in [-0.3, -0.25) is 0 Å². The van der Waals surface area contributed by atoms with E-state index in [1.807, 2.05) is 11.3 Å². The minimum Gasteiger partial charge on any atom is -0.314 e. The second-order valence-corrected chi connectivity index (χ2v) is 6.58. The summed E-state index contributed by atoms with van der Waals surface area (Å²) in [6.07, 6.45) is 6.82. The number of benzene rings is 1. The van der Waals surface area contributed by atoms with Gasteiger partial charge in [0.15, 0.2) is 0 Å². The van der Waals surface area contributed by atoms with Crippen LogP contribution in [0.5, 0.6) is 0 Å². The number of nitrogens with one attached hydrogen (secondary N) is 1. The molecule has 2 atom stereocenters. The van der Waals surface area contributed by atoms with Crippen LogP contribution in [0.2, 0.25) is 0 Å². The van der Waals surface area contributed by atoms with Crippen molar-refractivity contribution in [3.63, 3.8) is 0 Å². The van der Waals surface area contributed by atoms with Gasteiger partial charge in [0.2, 0.25) is 0 Å². The van der Waals surface area contributed by atoms with Gasteiger partial charge < -0.3 is 5.32 Å². The number of rotatable bonds is 4. The molecule has 1 aromatic heterocycles. The molecule has 1 N–H and O–H groups in total. The molecule has 2 heteroatoms. The van der Waals surface area contributed by atoms with Crippen LogP contribution < -0.4 is 5.32 Å². The monoisotopic (exact) mass is 273 g/mol. The lowest BCUT2D eigenvalue weighted by Gasteiger charge is -2.32. The topological polar surface area (TPSA) is 12.0 Å². The fraction of sp³-hybridized carbons (Fsp3) is 0.529. The Morgan fingerprint density at radius 1 is 1.21 bits per heavy atom. The molecule has 0 aliphatic heterocycles. The molecule has 0 saturated heterocycles. The molecule has 1 aliphatic rings. The molecule has 0 spiro atoms. The summed E-state index contributed by atoms with van der Waals surface area (Å²) in [7, 11) is 0. The summed E-state index contributed by atoms with van der Waals surface area (Å²) < 4.78 is 1.44. The van der Waals surface area contributed by atoms with Crippen LogP contribution in [-0.4, -0.2) is 12.6 Å². The van der Waals surface area contributed by atoms with Crippen molar-refractivity contribution in [1.29, 1.82) is 0 Å². The molecule has 0 radical (unpaired) electrons. The van der Waals surface area contributed by atoms with Crippen molar-refractivity contribution in [3.8, 4) is 0 Å². The summed E-state index contributed by atoms with van der Waals surface area (Å²) in [6, 6.07) is 9.57. The highest BCUT2D eigenvalue weighted by Crippen LogP contribution is 2.32. The van der Waals surface area contributed by atoms with Crippen LogP contribution in [0.4, 0.5) is 0 Å². The van der Waals surface area contributed by atoms with E-state index in [9.17, 15) is 0 Å². The molecule has 1 fully saturated rings. The lowest BCUT2D eigenvalue weighted by atomic mass is 9.80. The molecule has 0 amide bonds. The van der Waals surface area contributed by atoms with Gasteiger partial charge >= 0.3 is 0 Å². The molecule has 19 heavy (non-hydrogen) atoms. The highest BCUT2D eigenvalue weighted by atomic mass is 32.1. The molecule has 1 heterocycles. The van der Waals surface area contributed by atoms with Gasteiger partial charge in [-0.25, -0.2) is 0 Å². The average molecular weight is 273 g/mol. The normalized spacial score (nSPS) is 23.8. The van der Waals surface area contributed by atoms with Gasteiger partial charge in [0.25, 0.3) is 0 Å². The highest BCUT2D eigenvalue weighted by Gasteiger charge is 2.25. The van der Waals surface area contributed by atoms with Crippen molar-refractivity contribution >= 4 is 21.4 Å². The first kappa shape index (κ1) is 13.1. The van der Waals surface area contributed by atoms with Crippen molar-refractivity contribution < 1.29 is 0 Å². The molecular weight excluding hydrogens is 250 g/mol. The lowest BCUT2D eigenvalue weighted by Crippen LogP contribution is -2.39. The molecule has 2 aromatic rings. The van der Waals surface area contributed by atoms with Crippen LogP contribution >= 0.6 is 11.3 Å². The van der Waals surface area contributed by atoms with Gasteiger partial charge in [-0.2, -0.15) is 0 Å². The molecule has 102 valence electrons. The van der Waals surface area contributed by atoms with E-state index < -0.39 is 0 Å². The third-order valence-electron chi connectivity index (χ3n) is 4.42. The summed E-state index contributed by atoms with van der Waals surface area (Å²) in [4.78, 5) is 0. The number of hydrogen-bond acceptors (Lipinski definition) is 2. The zero-order chi connectivity index (χ0) is 13.1. The van der Waals surface area contributed by atoms with Crippen molar-refractivity contribution in [1.82, 2.24) is 5.32 Å². The van der Waals surface area contributed by atoms with Crippen molar-refractivity contribution in [2.24, 2.45) is 5.92 Å². The zero-order valence-electron chi connectivity index (χ0n) is 11.7. The summed E-state index contributed by atoms with van der Waals surface area (Å²) in [5, 5.41) is 7.56. The van der Waals surface area contributed by atoms with Gasteiger partial charge in [0, 0.05) is 10.7 Å². The molecule has 1 nitrogen and oxygen atoms in total. The summed E-state index contributed by atoms with van der Waals surface area (Å²) >= 11 is 1.90. The molecule has 1 aromatic carbocycles. The van der Waals surface area contributed by atoms with Crippen LogP contribution in [0.15, 0.2) is 29.6 Å². The van der Waals surface area contributed by atoms with Crippen LogP contribution in [0.25, 0.3) is 10.1 Å². The van der Waals surface area contributed by atoms with Gasteiger partial charge in [0.1, 0.15) is 0 Å². The Morgan fingerprint density at radius 2 is 2.05 bits per heavy atom. The maximum Gasteiger partial charge on any atom is 0.0345 e. The Balaban J connectivity index is 1.79. The second kappa shape index (κ2) is 6.06. The van der Waals surface area contributed by atoms with Crippen molar-refractivity contribution in [2.45, 2.75) is 45.1 Å². The van der Waals surface area contributed by atoms with E-state index in [4.69, 9.17) is 0 Å². The van der Waals surface area contributed by atoms with Crippen LogP contribution in [0, 0.1) is 5.92 Å². The quantitative estimate of drug-likeness (QED) is 0.857. The Bertz CT molecular complexity index is 529. The zero-order valence-corrected chi connectivity index (χ0v) is 12.5. The minimum absolute atomic E-state index is 0.734. The predicted octanol–water partition coefficient (Wildman–Crippen LogP) is 4.61. The lowest BCUT2D eigenvalue weighted by molar-refractivity contribution is 0.265. The Labute approximate surface area is 120 Å². The molecule has 0 bridgehead atoms. The summed E-state index contributed by atoms with van der Waals surface area (Å²) in [5.74, 6) is 0.826. The minimum atomic E-state index is 0.734. The van der Waals surface area contributed by atoms with Crippen LogP contribution in [-0.2, 0) is 6.42 Å². The van der Waals surface area contributed by atoms with E-state index >= 15 is 0 Å². The maximum absolute atomic E-state index is 3.70. The fourth-order valence-corrected chi connectivity index (χ4v) is 4.43. The van der Waals surface area contributed by atoms with Gasteiger partial charge in [-0.15, -0.1) is 11.3 Å². The highest BCUT2D eigenvalue weighted by molar-refractivity contribution is 7.17. The molecule has 1 aliphatic carbocycles. The smallest absolute Gasteiger partial charge is 0.0345 e. The van der Waals surface area contributed by atoms with E-state index in [2.05, 4.69) is 41.9 Å². The Kier molecular flexibility index (Phi) is 4.19. The van der Waals surface area contributed by atoms with Crippen LogP contribution in [0.1, 0.15) is 38.2 Å². The second-order valence-electron chi connectivity index (χ2n) is 5.67. The standard InChI is InChI=1S/C17H23NS/c1-2-18-16-9-5-3-7-13(16)11-14-12-19-17-10-6-4-8-15(14)17/h4,6,8,10,12-13,16,18H,2-3,5,7,9,11H2,1H3. The largest absolute Gasteiger partial charge is 0.314 e. The number of thiophene rings is 1. The number of hydrogen-bond donors (Lipinski definition) is 1. The molecule has 1 saturated carbocycles. The van der Waals surface area contributed by atoms with Gasteiger partial charge in [0.05, 0.1) is 0 Å². The third kappa shape index (κ3) is 2.85.